The molecule has 0 unspecified atom stereocenters. The normalized spacial score (nSPS) is 11.9. The molecule has 0 saturated heterocycles. The van der Waals surface area contributed by atoms with Gasteiger partial charge in [-0.25, -0.2) is 0 Å². The summed E-state index contributed by atoms with van der Waals surface area (Å²) in [6.45, 7) is 12.3. The van der Waals surface area contributed by atoms with Crippen LogP contribution in [0.2, 0.25) is 0 Å². The van der Waals surface area contributed by atoms with E-state index in [0.29, 0.717) is 0 Å². The Morgan fingerprint density at radius 1 is 1.26 bits per heavy atom. The first-order valence-corrected chi connectivity index (χ1v) is 6.93. The fourth-order valence-corrected chi connectivity index (χ4v) is 2.15. The third-order valence-corrected chi connectivity index (χ3v) is 3.23. The van der Waals surface area contributed by atoms with Crippen molar-refractivity contribution < 1.29 is 0 Å². The van der Waals surface area contributed by atoms with Gasteiger partial charge in [0.05, 0.1) is 0 Å². The Kier molecular flexibility index (Phi) is 4.11. The molecule has 0 spiro atoms. The minimum absolute atomic E-state index is 0.158. The van der Waals surface area contributed by atoms with Gasteiger partial charge in [-0.1, -0.05) is 12.1 Å². The minimum Gasteiger partial charge on any atom is -0.347 e. The highest BCUT2D eigenvalue weighted by atomic mass is 15.0. The SMILES string of the molecule is C=CCCn1ccc2cc(CNC(C)(C)C)ccc21. The molecule has 2 aromatic rings. The van der Waals surface area contributed by atoms with E-state index in [1.807, 2.05) is 6.08 Å². The lowest BCUT2D eigenvalue weighted by Gasteiger charge is -2.20. The minimum atomic E-state index is 0.158. The Morgan fingerprint density at radius 3 is 2.74 bits per heavy atom. The molecule has 2 heteroatoms. The summed E-state index contributed by atoms with van der Waals surface area (Å²) in [5.74, 6) is 0. The lowest BCUT2D eigenvalue weighted by atomic mass is 10.1. The largest absolute Gasteiger partial charge is 0.347 e. The van der Waals surface area contributed by atoms with Gasteiger partial charge in [-0.3, -0.25) is 0 Å². The molecule has 2 rings (SSSR count). The summed E-state index contributed by atoms with van der Waals surface area (Å²) in [4.78, 5) is 0. The summed E-state index contributed by atoms with van der Waals surface area (Å²) in [5, 5.41) is 4.84. The first-order valence-electron chi connectivity index (χ1n) is 6.93. The van der Waals surface area contributed by atoms with E-state index >= 15 is 0 Å². The lowest BCUT2D eigenvalue weighted by Crippen LogP contribution is -2.35. The van der Waals surface area contributed by atoms with E-state index in [2.05, 4.69) is 67.7 Å². The van der Waals surface area contributed by atoms with Gasteiger partial charge in [-0.2, -0.15) is 0 Å². The number of benzene rings is 1. The monoisotopic (exact) mass is 256 g/mol. The van der Waals surface area contributed by atoms with E-state index < -0.39 is 0 Å². The zero-order valence-corrected chi connectivity index (χ0v) is 12.2. The number of nitrogens with zero attached hydrogens (tertiary/aromatic N) is 1. The number of hydrogen-bond acceptors (Lipinski definition) is 1. The number of aromatic nitrogens is 1. The average molecular weight is 256 g/mol. The number of allylic oxidation sites excluding steroid dienone is 1. The molecule has 102 valence electrons. The van der Waals surface area contributed by atoms with Gasteiger partial charge in [-0.05, 0) is 56.3 Å². The summed E-state index contributed by atoms with van der Waals surface area (Å²) in [7, 11) is 0. The standard InChI is InChI=1S/C17H24N2/c1-5-6-10-19-11-9-15-12-14(7-8-16(15)19)13-18-17(2,3)4/h5,7-9,11-12,18H,1,6,10,13H2,2-4H3. The van der Waals surface area contributed by atoms with E-state index in [-0.39, 0.29) is 5.54 Å². The first-order chi connectivity index (χ1) is 8.99. The molecule has 0 saturated carbocycles. The van der Waals surface area contributed by atoms with Gasteiger partial charge in [0.2, 0.25) is 0 Å². The van der Waals surface area contributed by atoms with Gasteiger partial charge in [0.25, 0.3) is 0 Å². The van der Waals surface area contributed by atoms with Crippen LogP contribution in [0.25, 0.3) is 10.9 Å². The predicted molar refractivity (Wildman–Crippen MR) is 83.3 cm³/mol. The maximum Gasteiger partial charge on any atom is 0.0480 e. The van der Waals surface area contributed by atoms with Crippen molar-refractivity contribution in [2.75, 3.05) is 0 Å². The second-order valence-corrected chi connectivity index (χ2v) is 6.08. The molecule has 2 nitrogen and oxygen atoms in total. The molecule has 1 N–H and O–H groups in total. The highest BCUT2D eigenvalue weighted by Gasteiger charge is 2.09. The van der Waals surface area contributed by atoms with Crippen LogP contribution < -0.4 is 5.32 Å². The molecule has 19 heavy (non-hydrogen) atoms. The topological polar surface area (TPSA) is 17.0 Å². The van der Waals surface area contributed by atoms with Gasteiger partial charge < -0.3 is 9.88 Å². The van der Waals surface area contributed by atoms with E-state index in [4.69, 9.17) is 0 Å². The van der Waals surface area contributed by atoms with Crippen molar-refractivity contribution in [3.8, 4) is 0 Å². The Labute approximate surface area is 116 Å². The van der Waals surface area contributed by atoms with E-state index in [9.17, 15) is 0 Å². The summed E-state index contributed by atoms with van der Waals surface area (Å²) in [5.41, 5.74) is 2.80. The zero-order valence-electron chi connectivity index (χ0n) is 12.2. The van der Waals surface area contributed by atoms with Crippen molar-refractivity contribution in [3.05, 3.63) is 48.7 Å². The second kappa shape index (κ2) is 5.62. The molecular weight excluding hydrogens is 232 g/mol. The highest BCUT2D eigenvalue weighted by Crippen LogP contribution is 2.18. The molecule has 0 atom stereocenters. The number of rotatable bonds is 5. The van der Waals surface area contributed by atoms with Crippen molar-refractivity contribution in [2.45, 2.75) is 45.8 Å². The van der Waals surface area contributed by atoms with Crippen LogP contribution in [-0.4, -0.2) is 10.1 Å². The summed E-state index contributed by atoms with van der Waals surface area (Å²) in [6.07, 6.45) is 5.14. The van der Waals surface area contributed by atoms with Crippen molar-refractivity contribution in [1.82, 2.24) is 9.88 Å². The average Bonchev–Trinajstić information content (AvgIpc) is 2.75. The molecular formula is C17H24N2. The molecule has 1 heterocycles. The maximum atomic E-state index is 3.78. The van der Waals surface area contributed by atoms with Gasteiger partial charge in [-0.15, -0.1) is 6.58 Å². The van der Waals surface area contributed by atoms with Gasteiger partial charge >= 0.3 is 0 Å². The fraction of sp³-hybridized carbons (Fsp3) is 0.412. The molecule has 0 amide bonds. The molecule has 0 aliphatic carbocycles. The Bertz CT molecular complexity index is 558. The van der Waals surface area contributed by atoms with Crippen molar-refractivity contribution in [2.24, 2.45) is 0 Å². The Balaban J connectivity index is 2.15. The molecule has 0 aliphatic heterocycles. The van der Waals surface area contributed by atoms with Gasteiger partial charge in [0.1, 0.15) is 0 Å². The van der Waals surface area contributed by atoms with Gasteiger partial charge in [0, 0.05) is 30.3 Å². The van der Waals surface area contributed by atoms with Crippen LogP contribution in [0.15, 0.2) is 43.1 Å². The van der Waals surface area contributed by atoms with Crippen LogP contribution in [0.3, 0.4) is 0 Å². The predicted octanol–water partition coefficient (Wildman–Crippen LogP) is 4.11. The van der Waals surface area contributed by atoms with Crippen LogP contribution >= 0.6 is 0 Å². The van der Waals surface area contributed by atoms with Crippen LogP contribution in [-0.2, 0) is 13.1 Å². The quantitative estimate of drug-likeness (QED) is 0.797. The third-order valence-electron chi connectivity index (χ3n) is 3.23. The second-order valence-electron chi connectivity index (χ2n) is 6.08. The van der Waals surface area contributed by atoms with Crippen molar-refractivity contribution >= 4 is 10.9 Å². The van der Waals surface area contributed by atoms with Crippen LogP contribution in [0.5, 0.6) is 0 Å². The van der Waals surface area contributed by atoms with Crippen molar-refractivity contribution in [3.63, 3.8) is 0 Å². The smallest absolute Gasteiger partial charge is 0.0480 e. The van der Waals surface area contributed by atoms with Crippen LogP contribution in [0.4, 0.5) is 0 Å². The lowest BCUT2D eigenvalue weighted by molar-refractivity contribution is 0.424. The summed E-state index contributed by atoms with van der Waals surface area (Å²) >= 11 is 0. The molecule has 0 fully saturated rings. The summed E-state index contributed by atoms with van der Waals surface area (Å²) in [6, 6.07) is 8.90. The Morgan fingerprint density at radius 2 is 2.05 bits per heavy atom. The first kappa shape index (κ1) is 13.9. The fourth-order valence-electron chi connectivity index (χ4n) is 2.15. The highest BCUT2D eigenvalue weighted by molar-refractivity contribution is 5.80. The number of aryl methyl sites for hydroxylation is 1. The molecule has 1 aromatic heterocycles. The molecule has 0 bridgehead atoms. The summed E-state index contributed by atoms with van der Waals surface area (Å²) < 4.78 is 2.29. The third kappa shape index (κ3) is 3.71. The van der Waals surface area contributed by atoms with E-state index in [0.717, 1.165) is 19.5 Å². The number of fused-ring (bicyclic) bond motifs is 1. The molecule has 0 aliphatic rings. The molecule has 1 aromatic carbocycles. The molecule has 0 radical (unpaired) electrons. The van der Waals surface area contributed by atoms with Crippen LogP contribution in [0, 0.1) is 0 Å². The zero-order chi connectivity index (χ0) is 13.9. The number of nitrogens with one attached hydrogen (secondary N) is 1. The van der Waals surface area contributed by atoms with Crippen LogP contribution in [0.1, 0.15) is 32.8 Å². The Hall–Kier alpha value is -1.54. The van der Waals surface area contributed by atoms with E-state index in [1.54, 1.807) is 0 Å². The maximum absolute atomic E-state index is 3.78. The number of hydrogen-bond donors (Lipinski definition) is 1. The van der Waals surface area contributed by atoms with Gasteiger partial charge in [0.15, 0.2) is 0 Å². The van der Waals surface area contributed by atoms with E-state index in [1.165, 1.54) is 16.5 Å². The van der Waals surface area contributed by atoms with Crippen molar-refractivity contribution in [1.29, 1.82) is 0 Å².